The molecule has 1 aliphatic carbocycles. The minimum atomic E-state index is -1.06. The van der Waals surface area contributed by atoms with E-state index in [9.17, 15) is 14.7 Å². The van der Waals surface area contributed by atoms with E-state index in [1.165, 1.54) is 7.11 Å². The number of aliphatic hydroxyl groups is 1. The monoisotopic (exact) mass is 327 g/mol. The largest absolute Gasteiger partial charge is 0.467 e. The SMILES string of the molecule is COC(=O)C(O)C1(C2CCN(C(=O)OC(C)(C)C)CC2C)CC1. The van der Waals surface area contributed by atoms with E-state index in [0.29, 0.717) is 13.1 Å². The molecule has 6 heteroatoms. The van der Waals surface area contributed by atoms with Crippen molar-refractivity contribution >= 4 is 12.1 Å². The number of hydrogen-bond donors (Lipinski definition) is 1. The third-order valence-electron chi connectivity index (χ3n) is 5.09. The molecule has 3 unspecified atom stereocenters. The van der Waals surface area contributed by atoms with Gasteiger partial charge in [-0.3, -0.25) is 0 Å². The average Bonchev–Trinajstić information content (AvgIpc) is 3.25. The smallest absolute Gasteiger partial charge is 0.410 e. The Hall–Kier alpha value is -1.30. The molecule has 23 heavy (non-hydrogen) atoms. The lowest BCUT2D eigenvalue weighted by molar-refractivity contribution is -0.157. The normalized spacial score (nSPS) is 28.0. The fraction of sp³-hybridized carbons (Fsp3) is 0.882. The number of esters is 1. The zero-order chi connectivity index (χ0) is 17.4. The minimum Gasteiger partial charge on any atom is -0.467 e. The van der Waals surface area contributed by atoms with E-state index in [4.69, 9.17) is 9.47 Å². The number of piperidine rings is 1. The fourth-order valence-corrected chi connectivity index (χ4v) is 3.83. The van der Waals surface area contributed by atoms with Crippen molar-refractivity contribution in [2.75, 3.05) is 20.2 Å². The second kappa shape index (κ2) is 6.30. The van der Waals surface area contributed by atoms with Crippen LogP contribution in [0.2, 0.25) is 0 Å². The minimum absolute atomic E-state index is 0.207. The molecule has 0 radical (unpaired) electrons. The lowest BCUT2D eigenvalue weighted by atomic mass is 9.72. The maximum absolute atomic E-state index is 12.2. The number of aliphatic hydroxyl groups excluding tert-OH is 1. The number of likely N-dealkylation sites (tertiary alicyclic amines) is 1. The van der Waals surface area contributed by atoms with Crippen LogP contribution in [0, 0.1) is 17.3 Å². The van der Waals surface area contributed by atoms with E-state index in [-0.39, 0.29) is 23.3 Å². The standard InChI is InChI=1S/C17H29NO5/c1-11-10-18(15(21)23-16(2,3)4)9-6-12(11)17(7-8-17)13(19)14(20)22-5/h11-13,19H,6-10H2,1-5H3. The molecule has 1 N–H and O–H groups in total. The molecule has 2 fully saturated rings. The Morgan fingerprint density at radius 3 is 2.35 bits per heavy atom. The summed E-state index contributed by atoms with van der Waals surface area (Å²) in [7, 11) is 1.30. The van der Waals surface area contributed by atoms with Crippen LogP contribution in [0.3, 0.4) is 0 Å². The molecule has 0 aromatic rings. The van der Waals surface area contributed by atoms with Gasteiger partial charge >= 0.3 is 12.1 Å². The van der Waals surface area contributed by atoms with E-state index < -0.39 is 17.7 Å². The van der Waals surface area contributed by atoms with E-state index >= 15 is 0 Å². The predicted molar refractivity (Wildman–Crippen MR) is 84.8 cm³/mol. The molecule has 0 aromatic carbocycles. The van der Waals surface area contributed by atoms with Crippen LogP contribution in [0.25, 0.3) is 0 Å². The van der Waals surface area contributed by atoms with Crippen molar-refractivity contribution in [3.63, 3.8) is 0 Å². The highest BCUT2D eigenvalue weighted by molar-refractivity contribution is 5.76. The lowest BCUT2D eigenvalue weighted by Crippen LogP contribution is -2.49. The summed E-state index contributed by atoms with van der Waals surface area (Å²) in [4.78, 5) is 25.6. The van der Waals surface area contributed by atoms with Crippen molar-refractivity contribution in [1.82, 2.24) is 4.90 Å². The third-order valence-corrected chi connectivity index (χ3v) is 5.09. The number of carbonyl (C=O) groups excluding carboxylic acids is 2. The van der Waals surface area contributed by atoms with Crippen LogP contribution in [-0.2, 0) is 14.3 Å². The Morgan fingerprint density at radius 2 is 1.91 bits per heavy atom. The maximum atomic E-state index is 12.2. The van der Waals surface area contributed by atoms with Crippen molar-refractivity contribution in [2.24, 2.45) is 17.3 Å². The van der Waals surface area contributed by atoms with Crippen LogP contribution in [0.5, 0.6) is 0 Å². The van der Waals surface area contributed by atoms with Crippen LogP contribution < -0.4 is 0 Å². The summed E-state index contributed by atoms with van der Waals surface area (Å²) in [6, 6.07) is 0. The molecule has 6 nitrogen and oxygen atoms in total. The molecule has 2 aliphatic rings. The van der Waals surface area contributed by atoms with E-state index in [0.717, 1.165) is 19.3 Å². The Kier molecular flexibility index (Phi) is 4.95. The molecule has 1 amide bonds. The summed E-state index contributed by atoms with van der Waals surface area (Å²) in [5, 5.41) is 10.3. The van der Waals surface area contributed by atoms with Gasteiger partial charge in [-0.2, -0.15) is 0 Å². The number of carbonyl (C=O) groups is 2. The first-order valence-corrected chi connectivity index (χ1v) is 8.34. The number of hydrogen-bond acceptors (Lipinski definition) is 5. The second-order valence-corrected chi connectivity index (χ2v) is 7.96. The molecule has 1 saturated carbocycles. The zero-order valence-electron chi connectivity index (χ0n) is 14.8. The van der Waals surface area contributed by atoms with Gasteiger partial charge in [0, 0.05) is 18.5 Å². The highest BCUT2D eigenvalue weighted by Crippen LogP contribution is 2.59. The molecular formula is C17H29NO5. The van der Waals surface area contributed by atoms with Crippen molar-refractivity contribution in [1.29, 1.82) is 0 Å². The van der Waals surface area contributed by atoms with E-state index in [2.05, 4.69) is 6.92 Å². The topological polar surface area (TPSA) is 76.1 Å². The molecule has 0 aromatic heterocycles. The zero-order valence-corrected chi connectivity index (χ0v) is 14.8. The van der Waals surface area contributed by atoms with E-state index in [1.807, 2.05) is 20.8 Å². The Morgan fingerprint density at radius 1 is 1.30 bits per heavy atom. The molecule has 132 valence electrons. The molecule has 2 rings (SSSR count). The summed E-state index contributed by atoms with van der Waals surface area (Å²) < 4.78 is 10.1. The first kappa shape index (κ1) is 18.0. The summed E-state index contributed by atoms with van der Waals surface area (Å²) in [6.07, 6.45) is 1.10. The number of ether oxygens (including phenoxy) is 2. The predicted octanol–water partition coefficient (Wildman–Crippen LogP) is 2.19. The quantitative estimate of drug-likeness (QED) is 0.804. The molecular weight excluding hydrogens is 298 g/mol. The van der Waals surface area contributed by atoms with Crippen molar-refractivity contribution in [3.05, 3.63) is 0 Å². The van der Waals surface area contributed by atoms with E-state index in [1.54, 1.807) is 4.90 Å². The van der Waals surface area contributed by atoms with Gasteiger partial charge in [-0.15, -0.1) is 0 Å². The third kappa shape index (κ3) is 3.79. The highest BCUT2D eigenvalue weighted by Gasteiger charge is 2.59. The van der Waals surface area contributed by atoms with Crippen LogP contribution in [0.1, 0.15) is 47.0 Å². The molecule has 1 saturated heterocycles. The maximum Gasteiger partial charge on any atom is 0.410 e. The first-order valence-electron chi connectivity index (χ1n) is 8.34. The van der Waals surface area contributed by atoms with Crippen LogP contribution in [0.4, 0.5) is 4.79 Å². The molecule has 0 bridgehead atoms. The summed E-state index contributed by atoms with van der Waals surface area (Å²) in [5.74, 6) is -0.127. The Balaban J connectivity index is 1.99. The van der Waals surface area contributed by atoms with Gasteiger partial charge in [0.05, 0.1) is 7.11 Å². The van der Waals surface area contributed by atoms with Gasteiger partial charge in [0.2, 0.25) is 0 Å². The number of amides is 1. The highest BCUT2D eigenvalue weighted by atomic mass is 16.6. The van der Waals surface area contributed by atoms with Crippen LogP contribution in [-0.4, -0.2) is 54.0 Å². The number of rotatable bonds is 3. The van der Waals surface area contributed by atoms with Gasteiger partial charge in [0.25, 0.3) is 0 Å². The van der Waals surface area contributed by atoms with Gasteiger partial charge in [-0.1, -0.05) is 6.92 Å². The van der Waals surface area contributed by atoms with Crippen molar-refractivity contribution in [3.8, 4) is 0 Å². The second-order valence-electron chi connectivity index (χ2n) is 7.96. The molecule has 0 spiro atoms. The summed E-state index contributed by atoms with van der Waals surface area (Å²) >= 11 is 0. The molecule has 1 heterocycles. The van der Waals surface area contributed by atoms with Crippen molar-refractivity contribution in [2.45, 2.75) is 58.7 Å². The van der Waals surface area contributed by atoms with Crippen LogP contribution >= 0.6 is 0 Å². The lowest BCUT2D eigenvalue weighted by Gasteiger charge is -2.42. The summed E-state index contributed by atoms with van der Waals surface area (Å²) in [5.41, 5.74) is -0.873. The van der Waals surface area contributed by atoms with Crippen molar-refractivity contribution < 1.29 is 24.2 Å². The molecule has 1 aliphatic heterocycles. The van der Waals surface area contributed by atoms with Gasteiger partial charge in [0.15, 0.2) is 6.10 Å². The summed E-state index contributed by atoms with van der Waals surface area (Å²) in [6.45, 7) is 8.83. The van der Waals surface area contributed by atoms with Crippen LogP contribution in [0.15, 0.2) is 0 Å². The number of nitrogens with zero attached hydrogens (tertiary/aromatic N) is 1. The Labute approximate surface area is 138 Å². The fourth-order valence-electron chi connectivity index (χ4n) is 3.83. The first-order chi connectivity index (χ1) is 10.6. The van der Waals surface area contributed by atoms with Gasteiger partial charge in [-0.05, 0) is 51.9 Å². The van der Waals surface area contributed by atoms with Gasteiger partial charge in [0.1, 0.15) is 5.60 Å². The Bertz CT molecular complexity index is 466. The molecule has 3 atom stereocenters. The average molecular weight is 327 g/mol. The van der Waals surface area contributed by atoms with Gasteiger partial charge < -0.3 is 19.5 Å². The van der Waals surface area contributed by atoms with Gasteiger partial charge in [-0.25, -0.2) is 9.59 Å². The number of methoxy groups -OCH3 is 1.